The zero-order valence-corrected chi connectivity index (χ0v) is 9.51. The summed E-state index contributed by atoms with van der Waals surface area (Å²) in [6.45, 7) is 3.94. The zero-order chi connectivity index (χ0) is 11.4. The van der Waals surface area contributed by atoms with Gasteiger partial charge in [-0.2, -0.15) is 10.2 Å². The summed E-state index contributed by atoms with van der Waals surface area (Å²) in [4.78, 5) is 0. The fourth-order valence-electron chi connectivity index (χ4n) is 1.50. The second-order valence-electron chi connectivity index (χ2n) is 3.72. The molecule has 2 aliphatic rings. The molecule has 0 bridgehead atoms. The predicted octanol–water partition coefficient (Wildman–Crippen LogP) is 2.63. The van der Waals surface area contributed by atoms with Crippen LogP contribution in [-0.4, -0.2) is 11.4 Å². The zero-order valence-electron chi connectivity index (χ0n) is 9.51. The minimum Gasteiger partial charge on any atom is -0.160 e. The molecule has 0 aromatic carbocycles. The topological polar surface area (TPSA) is 24.7 Å². The van der Waals surface area contributed by atoms with Crippen LogP contribution in [0.15, 0.2) is 10.2 Å². The summed E-state index contributed by atoms with van der Waals surface area (Å²) >= 11 is 0. The maximum Gasteiger partial charge on any atom is 0.0452 e. The largest absolute Gasteiger partial charge is 0.160 e. The van der Waals surface area contributed by atoms with Gasteiger partial charge in [0.2, 0.25) is 0 Å². The maximum absolute atomic E-state index is 4.23. The molecule has 2 heteroatoms. The van der Waals surface area contributed by atoms with Gasteiger partial charge in [0.15, 0.2) is 0 Å². The van der Waals surface area contributed by atoms with Crippen molar-refractivity contribution < 1.29 is 0 Å². The van der Waals surface area contributed by atoms with E-state index in [0.717, 1.165) is 23.3 Å². The quantitative estimate of drug-likeness (QED) is 0.505. The molecule has 0 heterocycles. The van der Waals surface area contributed by atoms with Gasteiger partial charge in [-0.25, -0.2) is 0 Å². The Morgan fingerprint density at radius 2 is 1.00 bits per heavy atom. The lowest BCUT2D eigenvalue weighted by Crippen LogP contribution is -2.07. The van der Waals surface area contributed by atoms with Gasteiger partial charge >= 0.3 is 0 Å². The van der Waals surface area contributed by atoms with Crippen LogP contribution >= 0.6 is 0 Å². The van der Waals surface area contributed by atoms with E-state index in [9.17, 15) is 0 Å². The van der Waals surface area contributed by atoms with Crippen molar-refractivity contribution in [2.45, 2.75) is 13.8 Å². The van der Waals surface area contributed by atoms with E-state index >= 15 is 0 Å². The van der Waals surface area contributed by atoms with Crippen molar-refractivity contribution in [1.29, 1.82) is 0 Å². The first-order valence-corrected chi connectivity index (χ1v) is 5.30. The lowest BCUT2D eigenvalue weighted by Gasteiger charge is -2.07. The average molecular weight is 210 g/mol. The third-order valence-electron chi connectivity index (χ3n) is 2.51. The summed E-state index contributed by atoms with van der Waals surface area (Å²) in [5.74, 6) is 2.25. The van der Waals surface area contributed by atoms with Crippen LogP contribution in [0.3, 0.4) is 0 Å². The molecule has 0 amide bonds. The van der Waals surface area contributed by atoms with Crippen LogP contribution < -0.4 is 0 Å². The van der Waals surface area contributed by atoms with Crippen molar-refractivity contribution in [2.75, 3.05) is 0 Å². The van der Waals surface area contributed by atoms with Gasteiger partial charge in [-0.3, -0.25) is 0 Å². The van der Waals surface area contributed by atoms with Crippen LogP contribution in [-0.2, 0) is 0 Å². The van der Waals surface area contributed by atoms with Crippen LogP contribution in [0.5, 0.6) is 0 Å². The summed E-state index contributed by atoms with van der Waals surface area (Å²) in [5, 5.41) is 8.45. The van der Waals surface area contributed by atoms with Crippen molar-refractivity contribution in [3.63, 3.8) is 0 Å². The highest BCUT2D eigenvalue weighted by molar-refractivity contribution is 6.03. The Bertz CT molecular complexity index is 249. The fourth-order valence-corrected chi connectivity index (χ4v) is 1.50. The molecule has 16 heavy (non-hydrogen) atoms. The first-order chi connectivity index (χ1) is 7.77. The van der Waals surface area contributed by atoms with Crippen molar-refractivity contribution >= 4 is 11.4 Å². The van der Waals surface area contributed by atoms with E-state index in [2.05, 4.69) is 10.2 Å². The Morgan fingerprint density at radius 1 is 0.688 bits per heavy atom. The van der Waals surface area contributed by atoms with E-state index in [0.29, 0.717) is 0 Å². The van der Waals surface area contributed by atoms with Gasteiger partial charge in [-0.1, -0.05) is 0 Å². The van der Waals surface area contributed by atoms with Crippen LogP contribution in [0.4, 0.5) is 0 Å². The molecule has 0 spiro atoms. The van der Waals surface area contributed by atoms with E-state index in [1.807, 2.05) is 65.2 Å². The Labute approximate surface area is 99.2 Å². The highest BCUT2D eigenvalue weighted by atomic mass is 15.2. The van der Waals surface area contributed by atoms with Gasteiger partial charge in [0.05, 0.1) is 0 Å². The first-order valence-electron chi connectivity index (χ1n) is 5.30. The molecule has 10 radical (unpaired) electrons. The molecule has 2 saturated carbocycles. The molecule has 0 aromatic rings. The summed E-state index contributed by atoms with van der Waals surface area (Å²) in [6.07, 6.45) is 16.1. The molecule has 0 aliphatic heterocycles. The highest BCUT2D eigenvalue weighted by Gasteiger charge is 2.21. The SMILES string of the molecule is C/C(=N\N=C(/C)[C]1[CH][CH][CH][CH]1)[C]1[CH][CH][CH][CH]1. The van der Waals surface area contributed by atoms with Crippen LogP contribution in [0.2, 0.25) is 0 Å². The maximum atomic E-state index is 4.23. The van der Waals surface area contributed by atoms with Crippen molar-refractivity contribution in [3.05, 3.63) is 63.2 Å². The van der Waals surface area contributed by atoms with E-state index < -0.39 is 0 Å². The molecular formula is C14H14N2. The number of nitrogens with zero attached hydrogens (tertiary/aromatic N) is 2. The Kier molecular flexibility index (Phi) is 4.14. The standard InChI is InChI=1S/C14H14N2/c1-11(13-7-3-4-8-13)15-16-12(2)14-9-5-6-10-14/h3-10H,1-2H3/b15-11+,16-12+. The number of hydrogen-bond donors (Lipinski definition) is 0. The molecule has 2 rings (SSSR count). The van der Waals surface area contributed by atoms with Gasteiger partial charge in [-0.05, 0) is 65.2 Å². The monoisotopic (exact) mass is 210 g/mol. The first kappa shape index (κ1) is 11.8. The lowest BCUT2D eigenvalue weighted by molar-refractivity contribution is 1.18. The van der Waals surface area contributed by atoms with Gasteiger partial charge < -0.3 is 0 Å². The van der Waals surface area contributed by atoms with Crippen LogP contribution in [0, 0.1) is 63.2 Å². The normalized spacial score (nSPS) is 25.6. The third kappa shape index (κ3) is 2.93. The molecule has 2 fully saturated rings. The minimum absolute atomic E-state index is 0.941. The predicted molar refractivity (Wildman–Crippen MR) is 67.1 cm³/mol. The Balaban J connectivity index is 1.91. The lowest BCUT2D eigenvalue weighted by atomic mass is 10.0. The molecular weight excluding hydrogens is 196 g/mol. The molecule has 0 N–H and O–H groups in total. The minimum atomic E-state index is 0.941. The molecule has 80 valence electrons. The van der Waals surface area contributed by atoms with Gasteiger partial charge in [0, 0.05) is 23.3 Å². The molecule has 2 nitrogen and oxygen atoms in total. The second kappa shape index (κ2) is 5.60. The van der Waals surface area contributed by atoms with Crippen molar-refractivity contribution in [3.8, 4) is 0 Å². The van der Waals surface area contributed by atoms with E-state index in [4.69, 9.17) is 0 Å². The molecule has 0 unspecified atom stereocenters. The second-order valence-corrected chi connectivity index (χ2v) is 3.72. The fraction of sp³-hybridized carbons (Fsp3) is 0.143. The van der Waals surface area contributed by atoms with E-state index in [-0.39, 0.29) is 0 Å². The summed E-state index contributed by atoms with van der Waals surface area (Å²) in [7, 11) is 0. The van der Waals surface area contributed by atoms with Gasteiger partial charge in [0.25, 0.3) is 0 Å². The molecule has 0 saturated heterocycles. The average Bonchev–Trinajstić information content (AvgIpc) is 2.95. The summed E-state index contributed by atoms with van der Waals surface area (Å²) < 4.78 is 0. The van der Waals surface area contributed by atoms with Gasteiger partial charge in [0.1, 0.15) is 0 Å². The van der Waals surface area contributed by atoms with E-state index in [1.165, 1.54) is 0 Å². The molecule has 0 atom stereocenters. The van der Waals surface area contributed by atoms with Crippen molar-refractivity contribution in [1.82, 2.24) is 0 Å². The molecule has 0 aromatic heterocycles. The Morgan fingerprint density at radius 3 is 1.31 bits per heavy atom. The smallest absolute Gasteiger partial charge is 0.0452 e. The molecule has 2 aliphatic carbocycles. The van der Waals surface area contributed by atoms with Crippen molar-refractivity contribution in [2.24, 2.45) is 10.2 Å². The Hall–Kier alpha value is -0.660. The van der Waals surface area contributed by atoms with Gasteiger partial charge in [-0.15, -0.1) is 0 Å². The van der Waals surface area contributed by atoms with Crippen LogP contribution in [0.25, 0.3) is 0 Å². The van der Waals surface area contributed by atoms with E-state index in [1.54, 1.807) is 0 Å². The third-order valence-corrected chi connectivity index (χ3v) is 2.51. The summed E-state index contributed by atoms with van der Waals surface area (Å²) in [5.41, 5.74) is 1.88. The number of rotatable bonds is 3. The number of hydrogen-bond acceptors (Lipinski definition) is 2. The van der Waals surface area contributed by atoms with Crippen LogP contribution in [0.1, 0.15) is 13.8 Å². The summed E-state index contributed by atoms with van der Waals surface area (Å²) in [6, 6.07) is 0. The highest BCUT2D eigenvalue weighted by Crippen LogP contribution is 2.26.